The summed E-state index contributed by atoms with van der Waals surface area (Å²) in [6.45, 7) is 3.41. The van der Waals surface area contributed by atoms with Crippen molar-refractivity contribution < 1.29 is 0 Å². The Bertz CT molecular complexity index is 337. The first-order valence-electron chi connectivity index (χ1n) is 6.02. The van der Waals surface area contributed by atoms with Crippen molar-refractivity contribution in [2.75, 3.05) is 20.6 Å². The maximum atomic E-state index is 4.77. The van der Waals surface area contributed by atoms with Gasteiger partial charge in [0.1, 0.15) is 5.01 Å². The van der Waals surface area contributed by atoms with Crippen LogP contribution in [0.25, 0.3) is 0 Å². The molecule has 90 valence electrons. The fraction of sp³-hybridized carbons (Fsp3) is 0.750. The predicted molar refractivity (Wildman–Crippen MR) is 68.9 cm³/mol. The molecule has 16 heavy (non-hydrogen) atoms. The lowest BCUT2D eigenvalue weighted by Gasteiger charge is -2.16. The van der Waals surface area contributed by atoms with E-state index >= 15 is 0 Å². The fourth-order valence-corrected chi connectivity index (χ4v) is 3.24. The Hall–Kier alpha value is -0.450. The van der Waals surface area contributed by atoms with Crippen molar-refractivity contribution in [3.8, 4) is 0 Å². The van der Waals surface area contributed by atoms with Crippen molar-refractivity contribution in [3.05, 3.63) is 16.1 Å². The van der Waals surface area contributed by atoms with Crippen LogP contribution in [0.15, 0.2) is 5.38 Å². The summed E-state index contributed by atoms with van der Waals surface area (Å²) in [4.78, 5) is 7.19. The van der Waals surface area contributed by atoms with E-state index in [2.05, 4.69) is 29.6 Å². The molecule has 1 fully saturated rings. The number of nitrogens with zero attached hydrogens (tertiary/aromatic N) is 2. The van der Waals surface area contributed by atoms with Gasteiger partial charge in [-0.2, -0.15) is 0 Å². The highest BCUT2D eigenvalue weighted by Gasteiger charge is 2.25. The SMILES string of the molecule is CNC(C)Cc1csc(C2CCCN2C)n1. The van der Waals surface area contributed by atoms with Gasteiger partial charge in [0.15, 0.2) is 0 Å². The largest absolute Gasteiger partial charge is 0.317 e. The predicted octanol–water partition coefficient (Wildman–Crippen LogP) is 2.06. The van der Waals surface area contributed by atoms with Gasteiger partial charge in [0.05, 0.1) is 11.7 Å². The van der Waals surface area contributed by atoms with Gasteiger partial charge in [-0.25, -0.2) is 4.98 Å². The first kappa shape index (κ1) is 12.0. The average molecular weight is 239 g/mol. The summed E-state index contributed by atoms with van der Waals surface area (Å²) in [5, 5.41) is 6.78. The quantitative estimate of drug-likeness (QED) is 0.872. The zero-order chi connectivity index (χ0) is 11.5. The van der Waals surface area contributed by atoms with Crippen LogP contribution in [0.4, 0.5) is 0 Å². The molecule has 2 atom stereocenters. The molecule has 2 heterocycles. The minimum atomic E-state index is 0.510. The Morgan fingerprint density at radius 3 is 3.12 bits per heavy atom. The normalized spacial score (nSPS) is 23.8. The lowest BCUT2D eigenvalue weighted by atomic mass is 10.2. The molecular formula is C12H21N3S. The van der Waals surface area contributed by atoms with E-state index < -0.39 is 0 Å². The van der Waals surface area contributed by atoms with Gasteiger partial charge in [-0.1, -0.05) is 0 Å². The third-order valence-electron chi connectivity index (χ3n) is 3.38. The van der Waals surface area contributed by atoms with Crippen molar-refractivity contribution in [1.29, 1.82) is 0 Å². The molecule has 4 heteroatoms. The topological polar surface area (TPSA) is 28.2 Å². The maximum Gasteiger partial charge on any atom is 0.110 e. The zero-order valence-corrected chi connectivity index (χ0v) is 11.2. The molecule has 0 aromatic carbocycles. The maximum absolute atomic E-state index is 4.77. The molecule has 3 nitrogen and oxygen atoms in total. The van der Waals surface area contributed by atoms with Crippen LogP contribution in [0.3, 0.4) is 0 Å². The van der Waals surface area contributed by atoms with Gasteiger partial charge in [0, 0.05) is 17.8 Å². The van der Waals surface area contributed by atoms with Gasteiger partial charge < -0.3 is 5.32 Å². The zero-order valence-electron chi connectivity index (χ0n) is 10.4. The number of hydrogen-bond donors (Lipinski definition) is 1. The van der Waals surface area contributed by atoms with Gasteiger partial charge >= 0.3 is 0 Å². The first-order chi connectivity index (χ1) is 7.70. The first-order valence-corrected chi connectivity index (χ1v) is 6.90. The van der Waals surface area contributed by atoms with Crippen LogP contribution in [0.1, 0.15) is 36.5 Å². The monoisotopic (exact) mass is 239 g/mol. The fourth-order valence-electron chi connectivity index (χ4n) is 2.21. The van der Waals surface area contributed by atoms with E-state index in [-0.39, 0.29) is 0 Å². The number of nitrogens with one attached hydrogen (secondary N) is 1. The Morgan fingerprint density at radius 1 is 1.69 bits per heavy atom. The smallest absolute Gasteiger partial charge is 0.110 e. The molecule has 1 aromatic rings. The highest BCUT2D eigenvalue weighted by molar-refractivity contribution is 7.09. The standard InChI is InChI=1S/C12H21N3S/c1-9(13-2)7-10-8-16-12(14-10)11-5-4-6-15(11)3/h8-9,11,13H,4-7H2,1-3H3. The number of aromatic nitrogens is 1. The minimum absolute atomic E-state index is 0.510. The van der Waals surface area contributed by atoms with Gasteiger partial charge in [-0.15, -0.1) is 11.3 Å². The summed E-state index contributed by atoms with van der Waals surface area (Å²) in [5.74, 6) is 0. The van der Waals surface area contributed by atoms with Crippen LogP contribution in [0.2, 0.25) is 0 Å². The average Bonchev–Trinajstić information content (AvgIpc) is 2.86. The van der Waals surface area contributed by atoms with E-state index in [0.29, 0.717) is 12.1 Å². The molecular weight excluding hydrogens is 218 g/mol. The summed E-state index contributed by atoms with van der Waals surface area (Å²) in [7, 11) is 4.21. The second kappa shape index (κ2) is 5.25. The molecule has 1 aliphatic heterocycles. The van der Waals surface area contributed by atoms with E-state index in [1.807, 2.05) is 18.4 Å². The summed E-state index contributed by atoms with van der Waals surface area (Å²) in [5.41, 5.74) is 1.24. The van der Waals surface area contributed by atoms with Gasteiger partial charge in [0.25, 0.3) is 0 Å². The Labute approximate surface area is 102 Å². The molecule has 2 unspecified atom stereocenters. The van der Waals surface area contributed by atoms with Gasteiger partial charge in [-0.05, 0) is 40.4 Å². The molecule has 0 bridgehead atoms. The second-order valence-corrected chi connectivity index (χ2v) is 5.60. The molecule has 2 rings (SSSR count). The second-order valence-electron chi connectivity index (χ2n) is 4.71. The summed E-state index contributed by atoms with van der Waals surface area (Å²) < 4.78 is 0. The van der Waals surface area contributed by atoms with Crippen molar-refractivity contribution in [2.45, 2.75) is 38.3 Å². The number of rotatable bonds is 4. The lowest BCUT2D eigenvalue weighted by Crippen LogP contribution is -2.23. The molecule has 0 saturated carbocycles. The van der Waals surface area contributed by atoms with Crippen molar-refractivity contribution >= 4 is 11.3 Å². The molecule has 0 spiro atoms. The van der Waals surface area contributed by atoms with Crippen LogP contribution in [-0.2, 0) is 6.42 Å². The van der Waals surface area contributed by atoms with Gasteiger partial charge in [-0.3, -0.25) is 4.90 Å². The Kier molecular flexibility index (Phi) is 3.95. The molecule has 0 aliphatic carbocycles. The van der Waals surface area contributed by atoms with Crippen LogP contribution < -0.4 is 5.32 Å². The van der Waals surface area contributed by atoms with Crippen molar-refractivity contribution in [1.82, 2.24) is 15.2 Å². The van der Waals surface area contributed by atoms with Crippen molar-refractivity contribution in [3.63, 3.8) is 0 Å². The van der Waals surface area contributed by atoms with Crippen LogP contribution in [-0.4, -0.2) is 36.6 Å². The highest BCUT2D eigenvalue weighted by atomic mass is 32.1. The third kappa shape index (κ3) is 2.62. The number of likely N-dealkylation sites (tertiary alicyclic amines) is 1. The minimum Gasteiger partial charge on any atom is -0.317 e. The van der Waals surface area contributed by atoms with Crippen LogP contribution in [0.5, 0.6) is 0 Å². The third-order valence-corrected chi connectivity index (χ3v) is 4.38. The highest BCUT2D eigenvalue weighted by Crippen LogP contribution is 2.32. The molecule has 1 aliphatic rings. The summed E-state index contributed by atoms with van der Waals surface area (Å²) >= 11 is 1.82. The van der Waals surface area contributed by atoms with Crippen molar-refractivity contribution in [2.24, 2.45) is 0 Å². The Balaban J connectivity index is 2.01. The van der Waals surface area contributed by atoms with E-state index in [4.69, 9.17) is 4.98 Å². The van der Waals surface area contributed by atoms with E-state index in [1.54, 1.807) is 0 Å². The van der Waals surface area contributed by atoms with E-state index in [0.717, 1.165) is 6.42 Å². The van der Waals surface area contributed by atoms with E-state index in [9.17, 15) is 0 Å². The van der Waals surface area contributed by atoms with Crippen LogP contribution >= 0.6 is 11.3 Å². The lowest BCUT2D eigenvalue weighted by molar-refractivity contribution is 0.316. The molecule has 1 N–H and O–H groups in total. The Morgan fingerprint density at radius 2 is 2.50 bits per heavy atom. The number of hydrogen-bond acceptors (Lipinski definition) is 4. The van der Waals surface area contributed by atoms with Gasteiger partial charge in [0.2, 0.25) is 0 Å². The van der Waals surface area contributed by atoms with E-state index in [1.165, 1.54) is 30.1 Å². The molecule has 1 saturated heterocycles. The number of likely N-dealkylation sites (N-methyl/N-ethyl adjacent to an activating group) is 1. The molecule has 0 amide bonds. The van der Waals surface area contributed by atoms with Crippen LogP contribution in [0, 0.1) is 0 Å². The summed E-state index contributed by atoms with van der Waals surface area (Å²) in [6, 6.07) is 1.08. The molecule has 0 radical (unpaired) electrons. The number of thiazole rings is 1. The summed E-state index contributed by atoms with van der Waals surface area (Å²) in [6.07, 6.45) is 3.61. The molecule has 1 aromatic heterocycles.